The molecule has 0 spiro atoms. The van der Waals surface area contributed by atoms with E-state index in [1.807, 2.05) is 0 Å². The van der Waals surface area contributed by atoms with Crippen molar-refractivity contribution in [3.8, 4) is 17.1 Å². The second kappa shape index (κ2) is 6.33. The maximum atomic E-state index is 12.1. The fourth-order valence-corrected chi connectivity index (χ4v) is 3.77. The van der Waals surface area contributed by atoms with E-state index in [1.54, 1.807) is 12.1 Å². The molecule has 1 unspecified atom stereocenters. The van der Waals surface area contributed by atoms with Crippen LogP contribution in [0, 0.1) is 5.92 Å². The van der Waals surface area contributed by atoms with Crippen LogP contribution < -0.4 is 10.6 Å². The van der Waals surface area contributed by atoms with Crippen LogP contribution in [0.3, 0.4) is 0 Å². The highest BCUT2D eigenvalue weighted by Crippen LogP contribution is 2.54. The molecule has 1 aromatic heterocycles. The van der Waals surface area contributed by atoms with Gasteiger partial charge in [-0.15, -0.1) is 33.4 Å². The van der Waals surface area contributed by atoms with Crippen molar-refractivity contribution >= 4 is 35.0 Å². The smallest absolute Gasteiger partial charge is 0.387 e. The van der Waals surface area contributed by atoms with Gasteiger partial charge in [-0.25, -0.2) is 4.68 Å². The number of rotatable bonds is 6. The standard InChI is InChI=1S/C13H12Cl2F2N4OS/c14-13(15)5-8(13)6-23-12-20-19-10(21(12)18)7-1-3-9(4-2-7)22-11(16)17/h1-4,8,11H,5-6,18H2. The molecule has 0 amide bonds. The summed E-state index contributed by atoms with van der Waals surface area (Å²) in [5, 5.41) is 8.58. The summed E-state index contributed by atoms with van der Waals surface area (Å²) in [7, 11) is 0. The Labute approximate surface area is 145 Å². The first-order chi connectivity index (χ1) is 10.9. The predicted molar refractivity (Wildman–Crippen MR) is 85.5 cm³/mol. The number of ether oxygens (including phenoxy) is 1. The average Bonchev–Trinajstić information content (AvgIpc) is 2.93. The van der Waals surface area contributed by atoms with Gasteiger partial charge in [-0.3, -0.25) is 0 Å². The molecule has 124 valence electrons. The molecule has 1 saturated carbocycles. The molecule has 23 heavy (non-hydrogen) atoms. The molecule has 1 aliphatic rings. The number of nitrogen functional groups attached to an aromatic ring is 1. The highest BCUT2D eigenvalue weighted by Gasteiger charge is 2.51. The van der Waals surface area contributed by atoms with Gasteiger partial charge in [0.15, 0.2) is 5.82 Å². The number of nitrogens with two attached hydrogens (primary N) is 1. The van der Waals surface area contributed by atoms with E-state index in [2.05, 4.69) is 14.9 Å². The minimum absolute atomic E-state index is 0.0655. The maximum absolute atomic E-state index is 12.1. The Hall–Kier alpha value is -1.25. The fourth-order valence-electron chi connectivity index (χ4n) is 1.98. The summed E-state index contributed by atoms with van der Waals surface area (Å²) in [6.45, 7) is -2.86. The van der Waals surface area contributed by atoms with Crippen LogP contribution in [0.5, 0.6) is 5.75 Å². The fraction of sp³-hybridized carbons (Fsp3) is 0.385. The lowest BCUT2D eigenvalue weighted by atomic mass is 10.2. The molecule has 5 nitrogen and oxygen atoms in total. The first kappa shape index (κ1) is 16.6. The molecule has 1 heterocycles. The van der Waals surface area contributed by atoms with Crippen molar-refractivity contribution in [2.24, 2.45) is 5.92 Å². The minimum Gasteiger partial charge on any atom is -0.435 e. The van der Waals surface area contributed by atoms with Gasteiger partial charge in [0.05, 0.1) is 0 Å². The van der Waals surface area contributed by atoms with Gasteiger partial charge in [-0.05, 0) is 30.7 Å². The molecular weight excluding hydrogens is 369 g/mol. The topological polar surface area (TPSA) is 66.0 Å². The van der Waals surface area contributed by atoms with Crippen LogP contribution in [-0.2, 0) is 0 Å². The van der Waals surface area contributed by atoms with Crippen molar-refractivity contribution < 1.29 is 13.5 Å². The quantitative estimate of drug-likeness (QED) is 0.471. The molecule has 1 fully saturated rings. The summed E-state index contributed by atoms with van der Waals surface area (Å²) in [4.78, 5) is 0. The number of benzene rings is 1. The van der Waals surface area contributed by atoms with Crippen molar-refractivity contribution in [2.45, 2.75) is 22.5 Å². The number of halogens is 4. The van der Waals surface area contributed by atoms with Crippen molar-refractivity contribution in [1.82, 2.24) is 14.9 Å². The summed E-state index contributed by atoms with van der Waals surface area (Å²) < 4.78 is 29.3. The zero-order valence-corrected chi connectivity index (χ0v) is 14.0. The molecule has 2 aromatic rings. The second-order valence-electron chi connectivity index (χ2n) is 5.05. The van der Waals surface area contributed by atoms with Crippen LogP contribution in [0.1, 0.15) is 6.42 Å². The lowest BCUT2D eigenvalue weighted by Gasteiger charge is -2.06. The third-order valence-electron chi connectivity index (χ3n) is 3.37. The Balaban J connectivity index is 1.68. The Bertz CT molecular complexity index is 696. The molecule has 0 saturated heterocycles. The number of aromatic nitrogens is 3. The number of thioether (sulfide) groups is 1. The van der Waals surface area contributed by atoms with E-state index in [0.717, 1.165) is 6.42 Å². The lowest BCUT2D eigenvalue weighted by Crippen LogP contribution is -2.12. The van der Waals surface area contributed by atoms with E-state index in [4.69, 9.17) is 29.0 Å². The summed E-state index contributed by atoms with van der Waals surface area (Å²) in [6, 6.07) is 6.01. The summed E-state index contributed by atoms with van der Waals surface area (Å²) in [5.74, 6) is 7.38. The van der Waals surface area contributed by atoms with Crippen LogP contribution in [0.2, 0.25) is 0 Å². The first-order valence-electron chi connectivity index (χ1n) is 6.63. The van der Waals surface area contributed by atoms with Crippen molar-refractivity contribution in [2.75, 3.05) is 11.6 Å². The highest BCUT2D eigenvalue weighted by atomic mass is 35.5. The van der Waals surface area contributed by atoms with Gasteiger partial charge in [0, 0.05) is 17.2 Å². The maximum Gasteiger partial charge on any atom is 0.387 e. The summed E-state index contributed by atoms with van der Waals surface area (Å²) in [5.41, 5.74) is 0.643. The normalized spacial score (nSPS) is 19.1. The van der Waals surface area contributed by atoms with Crippen LogP contribution >= 0.6 is 35.0 Å². The van der Waals surface area contributed by atoms with Gasteiger partial charge in [0.25, 0.3) is 0 Å². The SMILES string of the molecule is Nn1c(SCC2CC2(Cl)Cl)nnc1-c1ccc(OC(F)F)cc1. The van der Waals surface area contributed by atoms with Crippen LogP contribution in [0.25, 0.3) is 11.4 Å². The number of alkyl halides is 4. The molecule has 2 N–H and O–H groups in total. The van der Waals surface area contributed by atoms with Crippen LogP contribution in [0.15, 0.2) is 29.4 Å². The van der Waals surface area contributed by atoms with Crippen molar-refractivity contribution in [1.29, 1.82) is 0 Å². The molecule has 0 bridgehead atoms. The van der Waals surface area contributed by atoms with Gasteiger partial charge in [0.2, 0.25) is 5.16 Å². The Morgan fingerprint density at radius 2 is 2.00 bits per heavy atom. The lowest BCUT2D eigenvalue weighted by molar-refractivity contribution is -0.0498. The minimum atomic E-state index is -2.86. The zero-order valence-electron chi connectivity index (χ0n) is 11.6. The van der Waals surface area contributed by atoms with E-state index in [9.17, 15) is 8.78 Å². The van der Waals surface area contributed by atoms with Gasteiger partial charge in [0.1, 0.15) is 10.1 Å². The predicted octanol–water partition coefficient (Wildman–Crippen LogP) is 3.55. The van der Waals surface area contributed by atoms with E-state index >= 15 is 0 Å². The Kier molecular flexibility index (Phi) is 4.57. The van der Waals surface area contributed by atoms with Crippen molar-refractivity contribution in [3.05, 3.63) is 24.3 Å². The van der Waals surface area contributed by atoms with E-state index in [-0.39, 0.29) is 11.7 Å². The highest BCUT2D eigenvalue weighted by molar-refractivity contribution is 7.99. The third kappa shape index (κ3) is 3.81. The monoisotopic (exact) mass is 380 g/mol. The molecule has 1 aromatic carbocycles. The molecule has 0 radical (unpaired) electrons. The van der Waals surface area contributed by atoms with Crippen LogP contribution in [0.4, 0.5) is 8.78 Å². The number of nitrogens with zero attached hydrogens (tertiary/aromatic N) is 3. The third-order valence-corrected chi connectivity index (χ3v) is 5.40. The van der Waals surface area contributed by atoms with Gasteiger partial charge >= 0.3 is 6.61 Å². The first-order valence-corrected chi connectivity index (χ1v) is 8.37. The zero-order chi connectivity index (χ0) is 16.6. The Morgan fingerprint density at radius 3 is 2.57 bits per heavy atom. The molecule has 0 aliphatic heterocycles. The van der Waals surface area contributed by atoms with E-state index in [0.29, 0.717) is 22.3 Å². The largest absolute Gasteiger partial charge is 0.435 e. The van der Waals surface area contributed by atoms with E-state index < -0.39 is 10.9 Å². The molecule has 10 heteroatoms. The van der Waals surface area contributed by atoms with Gasteiger partial charge in [-0.2, -0.15) is 8.78 Å². The van der Waals surface area contributed by atoms with Crippen LogP contribution in [-0.4, -0.2) is 31.6 Å². The summed E-state index contributed by atoms with van der Waals surface area (Å²) in [6.07, 6.45) is 0.750. The molecular formula is C13H12Cl2F2N4OS. The number of hydrogen-bond donors (Lipinski definition) is 1. The Morgan fingerprint density at radius 1 is 1.35 bits per heavy atom. The molecule has 1 atom stereocenters. The molecule has 3 rings (SSSR count). The average molecular weight is 381 g/mol. The van der Waals surface area contributed by atoms with E-state index in [1.165, 1.54) is 28.6 Å². The van der Waals surface area contributed by atoms with Gasteiger partial charge < -0.3 is 10.6 Å². The summed E-state index contributed by atoms with van der Waals surface area (Å²) >= 11 is 13.4. The number of hydrogen-bond acceptors (Lipinski definition) is 5. The second-order valence-corrected chi connectivity index (χ2v) is 7.58. The molecule has 1 aliphatic carbocycles. The van der Waals surface area contributed by atoms with Gasteiger partial charge in [-0.1, -0.05) is 11.8 Å². The van der Waals surface area contributed by atoms with Crippen molar-refractivity contribution in [3.63, 3.8) is 0 Å².